The molecule has 76 valence electrons. The molecule has 13 heavy (non-hydrogen) atoms. The summed E-state index contributed by atoms with van der Waals surface area (Å²) in [7, 11) is 0. The molecule has 1 fully saturated rings. The van der Waals surface area contributed by atoms with Gasteiger partial charge in [-0.05, 0) is 19.3 Å². The van der Waals surface area contributed by atoms with Gasteiger partial charge >= 0.3 is 5.97 Å². The Kier molecular flexibility index (Phi) is 4.83. The van der Waals surface area contributed by atoms with Gasteiger partial charge in [-0.2, -0.15) is 5.48 Å². The quantitative estimate of drug-likeness (QED) is 0.667. The van der Waals surface area contributed by atoms with Crippen molar-refractivity contribution < 1.29 is 9.63 Å². The van der Waals surface area contributed by atoms with Crippen molar-refractivity contribution >= 4 is 5.97 Å². The van der Waals surface area contributed by atoms with Gasteiger partial charge in [-0.3, -0.25) is 4.79 Å². The molecule has 1 saturated carbocycles. The molecule has 0 saturated heterocycles. The highest BCUT2D eigenvalue weighted by molar-refractivity contribution is 5.68. The Morgan fingerprint density at radius 1 is 1.46 bits per heavy atom. The Balaban J connectivity index is 2.00. The molecule has 0 aliphatic heterocycles. The van der Waals surface area contributed by atoms with E-state index in [1.807, 2.05) is 0 Å². The Hall–Kier alpha value is -0.570. The number of carbonyl (C=O) groups excluding carboxylic acids is 1. The first kappa shape index (κ1) is 10.5. The maximum absolute atomic E-state index is 11.1. The third kappa shape index (κ3) is 4.27. The van der Waals surface area contributed by atoms with Crippen molar-refractivity contribution in [1.29, 1.82) is 0 Å². The Morgan fingerprint density at radius 3 is 2.77 bits per heavy atom. The van der Waals surface area contributed by atoms with Gasteiger partial charge in [0.15, 0.2) is 0 Å². The Bertz CT molecular complexity index is 153. The predicted octanol–water partition coefficient (Wildman–Crippen LogP) is 2.17. The lowest BCUT2D eigenvalue weighted by Gasteiger charge is -2.10. The molecule has 1 N–H and O–H groups in total. The highest BCUT2D eigenvalue weighted by Gasteiger charge is 2.15. The standard InChI is InChI=1S/C10H19NO2/c1-2-3-8-10(12)13-11-9-6-4-5-7-9/h9,11H,2-8H2,1H3. The summed E-state index contributed by atoms with van der Waals surface area (Å²) in [4.78, 5) is 16.0. The largest absolute Gasteiger partial charge is 0.370 e. The van der Waals surface area contributed by atoms with Crippen molar-refractivity contribution in [3.05, 3.63) is 0 Å². The number of hydroxylamine groups is 1. The van der Waals surface area contributed by atoms with E-state index in [0.29, 0.717) is 12.5 Å². The topological polar surface area (TPSA) is 38.3 Å². The van der Waals surface area contributed by atoms with Crippen LogP contribution in [0.1, 0.15) is 51.9 Å². The smallest absolute Gasteiger partial charge is 0.324 e. The highest BCUT2D eigenvalue weighted by Crippen LogP contribution is 2.17. The summed E-state index contributed by atoms with van der Waals surface area (Å²) >= 11 is 0. The van der Waals surface area contributed by atoms with E-state index in [2.05, 4.69) is 12.4 Å². The number of nitrogens with one attached hydrogen (secondary N) is 1. The number of hydrogen-bond acceptors (Lipinski definition) is 3. The third-order valence-electron chi connectivity index (χ3n) is 2.43. The van der Waals surface area contributed by atoms with Crippen LogP contribution in [0.5, 0.6) is 0 Å². The van der Waals surface area contributed by atoms with Crippen molar-refractivity contribution in [2.45, 2.75) is 57.9 Å². The summed E-state index contributed by atoms with van der Waals surface area (Å²) < 4.78 is 0. The van der Waals surface area contributed by atoms with Gasteiger partial charge in [-0.25, -0.2) is 0 Å². The van der Waals surface area contributed by atoms with Gasteiger partial charge in [-0.15, -0.1) is 0 Å². The van der Waals surface area contributed by atoms with Crippen LogP contribution in [-0.4, -0.2) is 12.0 Å². The molecule has 3 heteroatoms. The molecule has 0 radical (unpaired) electrons. The van der Waals surface area contributed by atoms with Gasteiger partial charge < -0.3 is 4.84 Å². The van der Waals surface area contributed by atoms with Crippen LogP contribution in [-0.2, 0) is 9.63 Å². The second-order valence-electron chi connectivity index (χ2n) is 3.68. The number of carbonyl (C=O) groups is 1. The van der Waals surface area contributed by atoms with E-state index in [4.69, 9.17) is 4.84 Å². The van der Waals surface area contributed by atoms with Gasteiger partial charge in [0.25, 0.3) is 0 Å². The molecule has 1 rings (SSSR count). The van der Waals surface area contributed by atoms with Gasteiger partial charge in [0.05, 0.1) is 0 Å². The van der Waals surface area contributed by atoms with Crippen molar-refractivity contribution in [3.63, 3.8) is 0 Å². The van der Waals surface area contributed by atoms with E-state index in [-0.39, 0.29) is 5.97 Å². The van der Waals surface area contributed by atoms with E-state index in [1.165, 1.54) is 12.8 Å². The lowest BCUT2D eigenvalue weighted by atomic mass is 10.2. The molecule has 0 heterocycles. The maximum atomic E-state index is 11.1. The summed E-state index contributed by atoms with van der Waals surface area (Å²) in [5.41, 5.74) is 2.84. The predicted molar refractivity (Wildman–Crippen MR) is 51.0 cm³/mol. The van der Waals surface area contributed by atoms with Crippen molar-refractivity contribution in [1.82, 2.24) is 5.48 Å². The third-order valence-corrected chi connectivity index (χ3v) is 2.43. The molecular formula is C10H19NO2. The van der Waals surface area contributed by atoms with E-state index >= 15 is 0 Å². The minimum absolute atomic E-state index is 0.117. The van der Waals surface area contributed by atoms with Crippen LogP contribution in [0.3, 0.4) is 0 Å². The van der Waals surface area contributed by atoms with Crippen LogP contribution in [0.25, 0.3) is 0 Å². The molecule has 0 bridgehead atoms. The van der Waals surface area contributed by atoms with Crippen LogP contribution in [0.4, 0.5) is 0 Å². The van der Waals surface area contributed by atoms with Crippen LogP contribution < -0.4 is 5.48 Å². The van der Waals surface area contributed by atoms with Crippen molar-refractivity contribution in [2.75, 3.05) is 0 Å². The number of rotatable bonds is 5. The van der Waals surface area contributed by atoms with Gasteiger partial charge in [0.1, 0.15) is 0 Å². The maximum Gasteiger partial charge on any atom is 0.324 e. The monoisotopic (exact) mass is 185 g/mol. The minimum Gasteiger partial charge on any atom is -0.370 e. The summed E-state index contributed by atoms with van der Waals surface area (Å²) in [5, 5.41) is 0. The first-order valence-electron chi connectivity index (χ1n) is 5.28. The minimum atomic E-state index is -0.117. The molecule has 0 aromatic heterocycles. The highest BCUT2D eigenvalue weighted by atomic mass is 16.7. The fourth-order valence-electron chi connectivity index (χ4n) is 1.56. The van der Waals surface area contributed by atoms with Crippen LogP contribution in [0.2, 0.25) is 0 Å². The molecule has 0 atom stereocenters. The second kappa shape index (κ2) is 5.97. The summed E-state index contributed by atoms with van der Waals surface area (Å²) in [6.07, 6.45) is 7.29. The van der Waals surface area contributed by atoms with Crippen molar-refractivity contribution in [2.24, 2.45) is 0 Å². The molecule has 1 aliphatic carbocycles. The summed E-state index contributed by atoms with van der Waals surface area (Å²) in [6.45, 7) is 2.07. The second-order valence-corrected chi connectivity index (χ2v) is 3.68. The van der Waals surface area contributed by atoms with Crippen LogP contribution >= 0.6 is 0 Å². The Morgan fingerprint density at radius 2 is 2.15 bits per heavy atom. The number of hydrogen-bond donors (Lipinski definition) is 1. The number of unbranched alkanes of at least 4 members (excludes halogenated alkanes) is 1. The first-order chi connectivity index (χ1) is 6.33. The summed E-state index contributed by atoms with van der Waals surface area (Å²) in [6, 6.07) is 0.408. The zero-order chi connectivity index (χ0) is 9.52. The molecule has 1 aliphatic rings. The molecular weight excluding hydrogens is 166 g/mol. The summed E-state index contributed by atoms with van der Waals surface area (Å²) in [5.74, 6) is -0.117. The average Bonchev–Trinajstić information content (AvgIpc) is 2.64. The lowest BCUT2D eigenvalue weighted by Crippen LogP contribution is -2.29. The van der Waals surface area contributed by atoms with Gasteiger partial charge in [-0.1, -0.05) is 26.2 Å². The van der Waals surface area contributed by atoms with Crippen molar-refractivity contribution in [3.8, 4) is 0 Å². The van der Waals surface area contributed by atoms with Crippen LogP contribution in [0.15, 0.2) is 0 Å². The van der Waals surface area contributed by atoms with E-state index in [1.54, 1.807) is 0 Å². The zero-order valence-corrected chi connectivity index (χ0v) is 8.34. The zero-order valence-electron chi connectivity index (χ0n) is 8.34. The lowest BCUT2D eigenvalue weighted by molar-refractivity contribution is -0.153. The molecule has 0 spiro atoms. The van der Waals surface area contributed by atoms with E-state index in [9.17, 15) is 4.79 Å². The normalized spacial score (nSPS) is 17.6. The molecule has 0 unspecified atom stereocenters. The molecule has 0 amide bonds. The van der Waals surface area contributed by atoms with E-state index in [0.717, 1.165) is 25.7 Å². The molecule has 3 nitrogen and oxygen atoms in total. The Labute approximate surface area is 79.8 Å². The van der Waals surface area contributed by atoms with Crippen LogP contribution in [0, 0.1) is 0 Å². The first-order valence-corrected chi connectivity index (χ1v) is 5.28. The van der Waals surface area contributed by atoms with Gasteiger partial charge in [0.2, 0.25) is 0 Å². The molecule has 0 aromatic rings. The fourth-order valence-corrected chi connectivity index (χ4v) is 1.56. The molecule has 0 aromatic carbocycles. The van der Waals surface area contributed by atoms with E-state index < -0.39 is 0 Å². The van der Waals surface area contributed by atoms with Gasteiger partial charge in [0, 0.05) is 12.5 Å². The fraction of sp³-hybridized carbons (Fsp3) is 0.900. The SMILES string of the molecule is CCCCC(=O)ONC1CCCC1. The average molecular weight is 185 g/mol.